The van der Waals surface area contributed by atoms with E-state index in [9.17, 15) is 0 Å². The van der Waals surface area contributed by atoms with Crippen molar-refractivity contribution in [3.63, 3.8) is 0 Å². The van der Waals surface area contributed by atoms with Gasteiger partial charge in [0.1, 0.15) is 8.07 Å². The minimum absolute atomic E-state index is 0.727. The molecule has 4 heterocycles. The molecule has 0 saturated carbocycles. The van der Waals surface area contributed by atoms with E-state index in [1.54, 1.807) is 0 Å². The highest BCUT2D eigenvalue weighted by Crippen LogP contribution is 2.42. The van der Waals surface area contributed by atoms with Gasteiger partial charge in [0.05, 0.1) is 27.8 Å². The van der Waals surface area contributed by atoms with Gasteiger partial charge in [0.15, 0.2) is 0 Å². The fourth-order valence-electron chi connectivity index (χ4n) is 8.75. The van der Waals surface area contributed by atoms with Crippen LogP contribution in [0.4, 0.5) is 0 Å². The summed E-state index contributed by atoms with van der Waals surface area (Å²) < 4.78 is 4.65. The summed E-state index contributed by atoms with van der Waals surface area (Å²) in [5.74, 6) is 0.727. The lowest BCUT2D eigenvalue weighted by Crippen LogP contribution is -2.51. The summed E-state index contributed by atoms with van der Waals surface area (Å²) >= 11 is 0. The number of nitrogens with zero attached hydrogens (tertiary/aromatic N) is 4. The Hall–Kier alpha value is -6.30. The molecule has 3 aromatic heterocycles. The third-order valence-corrected chi connectivity index (χ3v) is 14.4. The van der Waals surface area contributed by atoms with E-state index in [2.05, 4.69) is 180 Å². The van der Waals surface area contributed by atoms with E-state index in [0.29, 0.717) is 0 Å². The van der Waals surface area contributed by atoms with Gasteiger partial charge in [-0.05, 0) is 64.0 Å². The van der Waals surface area contributed by atoms with Crippen LogP contribution in [0.5, 0.6) is 0 Å². The van der Waals surface area contributed by atoms with E-state index in [4.69, 9.17) is 9.97 Å². The number of hydrogen-bond donors (Lipinski definition) is 0. The molecular weight excluding hydrogens is 637 g/mol. The molecule has 11 rings (SSSR count). The van der Waals surface area contributed by atoms with Gasteiger partial charge in [-0.25, -0.2) is 9.97 Å². The number of benzene rings is 7. The van der Waals surface area contributed by atoms with Crippen LogP contribution >= 0.6 is 0 Å². The molecule has 10 aromatic rings. The van der Waals surface area contributed by atoms with Gasteiger partial charge in [-0.2, -0.15) is 0 Å². The topological polar surface area (TPSA) is 35.6 Å². The SMILES string of the molecule is C[Si]1(C)c2ccc3ccccc3c2-c2c(-c3ccc4c(c3)c3ccccc3n4-c3ccccc3)nc(-n3c4ccccc4c4ccccc43)nc21. The lowest BCUT2D eigenvalue weighted by Gasteiger charge is -2.19. The summed E-state index contributed by atoms with van der Waals surface area (Å²) in [6.45, 7) is 4.91. The fraction of sp³-hybridized carbons (Fsp3) is 0.0435. The average molecular weight is 669 g/mol. The second kappa shape index (κ2) is 10.4. The monoisotopic (exact) mass is 668 g/mol. The van der Waals surface area contributed by atoms with E-state index in [1.807, 2.05) is 0 Å². The molecular formula is C46H32N4Si. The predicted octanol–water partition coefficient (Wildman–Crippen LogP) is 10.3. The molecule has 7 aromatic carbocycles. The molecule has 1 aliphatic rings. The first-order chi connectivity index (χ1) is 25.1. The Balaban J connectivity index is 1.27. The third kappa shape index (κ3) is 3.89. The van der Waals surface area contributed by atoms with Gasteiger partial charge < -0.3 is 4.57 Å². The van der Waals surface area contributed by atoms with Crippen LogP contribution in [0.2, 0.25) is 13.1 Å². The Morgan fingerprint density at radius 2 is 1.02 bits per heavy atom. The zero-order valence-electron chi connectivity index (χ0n) is 28.3. The lowest BCUT2D eigenvalue weighted by molar-refractivity contribution is 1.01. The van der Waals surface area contributed by atoms with E-state index in [-0.39, 0.29) is 0 Å². The van der Waals surface area contributed by atoms with Gasteiger partial charge in [0, 0.05) is 43.7 Å². The molecule has 0 radical (unpaired) electrons. The number of para-hydroxylation sites is 4. The second-order valence-corrected chi connectivity index (χ2v) is 18.5. The zero-order valence-corrected chi connectivity index (χ0v) is 29.3. The maximum Gasteiger partial charge on any atom is 0.235 e. The normalized spacial score (nSPS) is 13.5. The van der Waals surface area contributed by atoms with Crippen LogP contribution in [0.3, 0.4) is 0 Å². The summed E-state index contributed by atoms with van der Waals surface area (Å²) in [4.78, 5) is 11.3. The van der Waals surface area contributed by atoms with E-state index < -0.39 is 8.07 Å². The largest absolute Gasteiger partial charge is 0.309 e. The van der Waals surface area contributed by atoms with Crippen LogP contribution < -0.4 is 10.5 Å². The molecule has 0 atom stereocenters. The molecule has 4 nitrogen and oxygen atoms in total. The van der Waals surface area contributed by atoms with Crippen molar-refractivity contribution < 1.29 is 0 Å². The van der Waals surface area contributed by atoms with Crippen LogP contribution in [0.1, 0.15) is 0 Å². The van der Waals surface area contributed by atoms with E-state index in [0.717, 1.165) is 33.9 Å². The summed E-state index contributed by atoms with van der Waals surface area (Å²) in [5.41, 5.74) is 10.3. The molecule has 0 N–H and O–H groups in total. The van der Waals surface area contributed by atoms with Crippen LogP contribution in [0, 0.1) is 0 Å². The molecule has 0 fully saturated rings. The van der Waals surface area contributed by atoms with Crippen LogP contribution in [0.25, 0.3) is 88.4 Å². The smallest absolute Gasteiger partial charge is 0.235 e. The molecule has 51 heavy (non-hydrogen) atoms. The molecule has 0 amide bonds. The third-order valence-electron chi connectivity index (χ3n) is 11.1. The van der Waals surface area contributed by atoms with Crippen molar-refractivity contribution >= 4 is 73.0 Å². The van der Waals surface area contributed by atoms with E-state index in [1.165, 1.54) is 65.0 Å². The maximum atomic E-state index is 5.65. The summed E-state index contributed by atoms with van der Waals surface area (Å²) in [6, 6.07) is 57.0. The lowest BCUT2D eigenvalue weighted by atomic mass is 9.95. The highest BCUT2D eigenvalue weighted by atomic mass is 28.3. The maximum absolute atomic E-state index is 5.65. The molecule has 1 aliphatic heterocycles. The molecule has 0 saturated heterocycles. The molecule has 240 valence electrons. The first kappa shape index (κ1) is 28.5. The van der Waals surface area contributed by atoms with Crippen molar-refractivity contribution in [3.8, 4) is 34.0 Å². The van der Waals surface area contributed by atoms with Crippen molar-refractivity contribution in [2.45, 2.75) is 13.1 Å². The molecule has 0 bridgehead atoms. The Bertz CT molecular complexity index is 3010. The number of aromatic nitrogens is 4. The quantitative estimate of drug-likeness (QED) is 0.176. The average Bonchev–Trinajstić information content (AvgIpc) is 3.78. The van der Waals surface area contributed by atoms with E-state index >= 15 is 0 Å². The Morgan fingerprint density at radius 1 is 0.451 bits per heavy atom. The number of hydrogen-bond acceptors (Lipinski definition) is 2. The van der Waals surface area contributed by atoms with Crippen molar-refractivity contribution in [1.82, 2.24) is 19.1 Å². The Morgan fingerprint density at radius 3 is 1.73 bits per heavy atom. The van der Waals surface area contributed by atoms with Gasteiger partial charge in [-0.1, -0.05) is 128 Å². The Labute approximate surface area is 295 Å². The van der Waals surface area contributed by atoms with Crippen LogP contribution in [-0.4, -0.2) is 27.2 Å². The van der Waals surface area contributed by atoms with Crippen molar-refractivity contribution in [2.24, 2.45) is 0 Å². The zero-order chi connectivity index (χ0) is 33.8. The highest BCUT2D eigenvalue weighted by molar-refractivity contribution is 7.03. The number of fused-ring (bicyclic) bond motifs is 11. The number of rotatable bonds is 3. The van der Waals surface area contributed by atoms with Gasteiger partial charge >= 0.3 is 0 Å². The molecule has 0 spiro atoms. The first-order valence-corrected chi connectivity index (χ1v) is 20.6. The molecule has 5 heteroatoms. The minimum atomic E-state index is -2.25. The molecule has 0 unspecified atom stereocenters. The van der Waals surface area contributed by atoms with Gasteiger partial charge in [0.2, 0.25) is 5.95 Å². The van der Waals surface area contributed by atoms with Crippen molar-refractivity contribution in [1.29, 1.82) is 0 Å². The highest BCUT2D eigenvalue weighted by Gasteiger charge is 2.42. The summed E-state index contributed by atoms with van der Waals surface area (Å²) in [7, 11) is -2.25. The molecule has 0 aliphatic carbocycles. The summed E-state index contributed by atoms with van der Waals surface area (Å²) in [6.07, 6.45) is 0. The first-order valence-electron chi connectivity index (χ1n) is 17.6. The standard InChI is InChI=1S/C46H32N4Si/c1-51(2)41-27-25-29-14-6-7-17-32(29)42(41)43-44(47-46(48-45(43)51)50-38-22-12-8-18-33(38)34-19-9-13-23-39(34)50)30-24-26-40-36(28-30)35-20-10-11-21-37(35)49(40)31-15-4-3-5-16-31/h3-28H,1-2H3. The second-order valence-electron chi connectivity index (χ2n) is 14.2. The fourth-order valence-corrected chi connectivity index (χ4v) is 11.6. The minimum Gasteiger partial charge on any atom is -0.309 e. The van der Waals surface area contributed by atoms with Crippen LogP contribution in [-0.2, 0) is 0 Å². The predicted molar refractivity (Wildman–Crippen MR) is 216 cm³/mol. The summed E-state index contributed by atoms with van der Waals surface area (Å²) in [5, 5.41) is 9.99. The van der Waals surface area contributed by atoms with Crippen molar-refractivity contribution in [3.05, 3.63) is 158 Å². The van der Waals surface area contributed by atoms with Gasteiger partial charge in [-0.3, -0.25) is 4.57 Å². The van der Waals surface area contributed by atoms with Crippen molar-refractivity contribution in [2.75, 3.05) is 0 Å². The van der Waals surface area contributed by atoms with Crippen LogP contribution in [0.15, 0.2) is 158 Å². The Kier molecular flexibility index (Phi) is 5.79. The van der Waals surface area contributed by atoms with Gasteiger partial charge in [0.25, 0.3) is 0 Å². The van der Waals surface area contributed by atoms with Gasteiger partial charge in [-0.15, -0.1) is 0 Å².